The van der Waals surface area contributed by atoms with E-state index in [1.807, 2.05) is 55.1 Å². The molecule has 2 atom stereocenters. The van der Waals surface area contributed by atoms with E-state index in [0.29, 0.717) is 75.8 Å². The zero-order valence-corrected chi connectivity index (χ0v) is 22.9. The molecule has 3 aliphatic heterocycles. The van der Waals surface area contributed by atoms with Crippen molar-refractivity contribution in [1.82, 2.24) is 15.1 Å². The van der Waals surface area contributed by atoms with Crippen molar-refractivity contribution in [1.29, 1.82) is 0 Å². The third kappa shape index (κ3) is 5.14. The third-order valence-corrected chi connectivity index (χ3v) is 7.83. The molecule has 2 unspecified atom stereocenters. The second-order valence-corrected chi connectivity index (χ2v) is 10.1. The van der Waals surface area contributed by atoms with Crippen LogP contribution in [0.15, 0.2) is 36.4 Å². The van der Waals surface area contributed by atoms with Crippen molar-refractivity contribution in [3.8, 4) is 11.5 Å². The lowest BCUT2D eigenvalue weighted by atomic mass is 9.75. The summed E-state index contributed by atoms with van der Waals surface area (Å²) in [5.74, 6) is 0.563. The summed E-state index contributed by atoms with van der Waals surface area (Å²) in [6.07, 6.45) is 1.66. The summed E-state index contributed by atoms with van der Waals surface area (Å²) in [5, 5.41) is 3.26. The molecule has 0 bridgehead atoms. The van der Waals surface area contributed by atoms with Gasteiger partial charge in [-0.3, -0.25) is 9.59 Å². The summed E-state index contributed by atoms with van der Waals surface area (Å²) in [5.41, 5.74) is 3.31. The van der Waals surface area contributed by atoms with E-state index in [0.717, 1.165) is 16.7 Å². The predicted octanol–water partition coefficient (Wildman–Crippen LogP) is 4.06. The Hall–Kier alpha value is -3.75. The van der Waals surface area contributed by atoms with Crippen molar-refractivity contribution in [2.75, 3.05) is 39.5 Å². The molecule has 2 aromatic rings. The molecule has 0 saturated carbocycles. The Morgan fingerprint density at radius 3 is 2.31 bits per heavy atom. The summed E-state index contributed by atoms with van der Waals surface area (Å²) in [4.78, 5) is 43.4. The van der Waals surface area contributed by atoms with Crippen LogP contribution in [0.3, 0.4) is 0 Å². The first-order chi connectivity index (χ1) is 19.0. The maximum atomic E-state index is 14.1. The van der Waals surface area contributed by atoms with Gasteiger partial charge in [0.2, 0.25) is 5.91 Å². The number of amides is 3. The quantitative estimate of drug-likeness (QED) is 0.575. The number of piperidine rings is 1. The van der Waals surface area contributed by atoms with Crippen molar-refractivity contribution in [2.24, 2.45) is 0 Å². The van der Waals surface area contributed by atoms with E-state index >= 15 is 0 Å². The molecule has 1 saturated heterocycles. The molecule has 2 aromatic carbocycles. The van der Waals surface area contributed by atoms with Crippen LogP contribution in [-0.4, -0.2) is 73.2 Å². The summed E-state index contributed by atoms with van der Waals surface area (Å²) in [7, 11) is 0. The molecule has 208 valence electrons. The molecule has 3 heterocycles. The van der Waals surface area contributed by atoms with Crippen LogP contribution >= 0.6 is 0 Å². The molecule has 0 aromatic heterocycles. The van der Waals surface area contributed by atoms with Crippen molar-refractivity contribution in [2.45, 2.75) is 58.0 Å². The van der Waals surface area contributed by atoms with Gasteiger partial charge in [-0.2, -0.15) is 0 Å². The molecule has 3 amide bonds. The second kappa shape index (κ2) is 11.6. The van der Waals surface area contributed by atoms with E-state index in [1.165, 1.54) is 0 Å². The molecule has 39 heavy (non-hydrogen) atoms. The van der Waals surface area contributed by atoms with Crippen molar-refractivity contribution < 1.29 is 28.6 Å². The lowest BCUT2D eigenvalue weighted by Crippen LogP contribution is -2.52. The first-order valence-electron chi connectivity index (χ1n) is 14.0. The van der Waals surface area contributed by atoms with E-state index in [2.05, 4.69) is 5.32 Å². The SMILES string of the molecule is CCOC(=O)N1CCC(NC(=O)C2c3ccccc3C(=O)N3CCc4cc(OCC)c(OCC)cc4C23)CC1. The van der Waals surface area contributed by atoms with Crippen LogP contribution in [0.2, 0.25) is 0 Å². The number of carbonyl (C=O) groups excluding carboxylic acids is 3. The third-order valence-electron chi connectivity index (χ3n) is 7.83. The van der Waals surface area contributed by atoms with Crippen LogP contribution in [-0.2, 0) is 16.0 Å². The molecular weight excluding hydrogens is 498 g/mol. The Bertz CT molecular complexity index is 1240. The Morgan fingerprint density at radius 1 is 0.923 bits per heavy atom. The summed E-state index contributed by atoms with van der Waals surface area (Å²) < 4.78 is 16.9. The second-order valence-electron chi connectivity index (χ2n) is 10.1. The molecule has 0 aliphatic carbocycles. The number of fused-ring (bicyclic) bond motifs is 4. The Kier molecular flexibility index (Phi) is 7.95. The number of nitrogens with zero attached hydrogens (tertiary/aromatic N) is 2. The molecule has 5 rings (SSSR count). The molecule has 1 fully saturated rings. The lowest BCUT2D eigenvalue weighted by molar-refractivity contribution is -0.125. The van der Waals surface area contributed by atoms with Gasteiger partial charge in [0.1, 0.15) is 0 Å². The van der Waals surface area contributed by atoms with Gasteiger partial charge in [-0.25, -0.2) is 4.79 Å². The minimum absolute atomic E-state index is 0.0557. The van der Waals surface area contributed by atoms with E-state index < -0.39 is 12.0 Å². The molecule has 0 radical (unpaired) electrons. The minimum atomic E-state index is -0.576. The zero-order chi connectivity index (χ0) is 27.5. The van der Waals surface area contributed by atoms with Gasteiger partial charge in [0.05, 0.1) is 31.8 Å². The maximum absolute atomic E-state index is 14.1. The van der Waals surface area contributed by atoms with Gasteiger partial charge in [0.25, 0.3) is 5.91 Å². The predicted molar refractivity (Wildman–Crippen MR) is 145 cm³/mol. The average Bonchev–Trinajstić information content (AvgIpc) is 2.94. The van der Waals surface area contributed by atoms with Gasteiger partial charge in [0, 0.05) is 31.2 Å². The van der Waals surface area contributed by atoms with Gasteiger partial charge < -0.3 is 29.3 Å². The standard InChI is InChI=1S/C30H37N3O6/c1-4-37-24-17-19-11-16-33-27(23(19)18-25(24)38-5-2)26(21-9-7-8-10-22(21)29(33)35)28(34)31-20-12-14-32(15-13-20)30(36)39-6-3/h7-10,17-18,20,26-27H,4-6,11-16H2,1-3H3,(H,31,34). The summed E-state index contributed by atoms with van der Waals surface area (Å²) >= 11 is 0. The molecular formula is C30H37N3O6. The molecule has 3 aliphatic rings. The Labute approximate surface area is 229 Å². The van der Waals surface area contributed by atoms with E-state index in [9.17, 15) is 14.4 Å². The van der Waals surface area contributed by atoms with E-state index in [4.69, 9.17) is 14.2 Å². The highest BCUT2D eigenvalue weighted by Gasteiger charge is 2.47. The monoisotopic (exact) mass is 535 g/mol. The number of carbonyl (C=O) groups is 3. The first kappa shape index (κ1) is 26.8. The average molecular weight is 536 g/mol. The van der Waals surface area contributed by atoms with Gasteiger partial charge in [-0.15, -0.1) is 0 Å². The first-order valence-corrected chi connectivity index (χ1v) is 14.0. The number of ether oxygens (including phenoxy) is 3. The Balaban J connectivity index is 1.47. The topological polar surface area (TPSA) is 97.4 Å². The fourth-order valence-corrected chi connectivity index (χ4v) is 6.07. The fourth-order valence-electron chi connectivity index (χ4n) is 6.07. The normalized spacial score (nSPS) is 20.4. The van der Waals surface area contributed by atoms with Crippen molar-refractivity contribution >= 4 is 17.9 Å². The van der Waals surface area contributed by atoms with Gasteiger partial charge in [-0.05, 0) is 74.9 Å². The number of rotatable bonds is 7. The van der Waals surface area contributed by atoms with Gasteiger partial charge in [-0.1, -0.05) is 18.2 Å². The van der Waals surface area contributed by atoms with Gasteiger partial charge >= 0.3 is 6.09 Å². The molecule has 1 N–H and O–H groups in total. The van der Waals surface area contributed by atoms with E-state index in [1.54, 1.807) is 11.8 Å². The Morgan fingerprint density at radius 2 is 1.62 bits per heavy atom. The van der Waals surface area contributed by atoms with Crippen LogP contribution in [0.4, 0.5) is 4.79 Å². The largest absolute Gasteiger partial charge is 0.490 e. The summed E-state index contributed by atoms with van der Waals surface area (Å²) in [6.45, 7) is 8.55. The smallest absolute Gasteiger partial charge is 0.409 e. The molecule has 0 spiro atoms. The van der Waals surface area contributed by atoms with Crippen LogP contribution in [0.1, 0.15) is 72.6 Å². The highest BCUT2D eigenvalue weighted by molar-refractivity contribution is 6.01. The number of nitrogens with one attached hydrogen (secondary N) is 1. The van der Waals surface area contributed by atoms with Crippen molar-refractivity contribution in [3.05, 3.63) is 58.7 Å². The number of hydrogen-bond donors (Lipinski definition) is 1. The van der Waals surface area contributed by atoms with E-state index in [-0.39, 0.29) is 23.9 Å². The number of likely N-dealkylation sites (tertiary alicyclic amines) is 1. The summed E-state index contributed by atoms with van der Waals surface area (Å²) in [6, 6.07) is 10.9. The van der Waals surface area contributed by atoms with Crippen molar-refractivity contribution in [3.63, 3.8) is 0 Å². The maximum Gasteiger partial charge on any atom is 0.409 e. The number of benzene rings is 2. The fraction of sp³-hybridized carbons (Fsp3) is 0.500. The highest BCUT2D eigenvalue weighted by atomic mass is 16.6. The van der Waals surface area contributed by atoms with Crippen LogP contribution in [0, 0.1) is 0 Å². The molecule has 9 heteroatoms. The van der Waals surface area contributed by atoms with Crippen LogP contribution < -0.4 is 14.8 Å². The highest BCUT2D eigenvalue weighted by Crippen LogP contribution is 2.48. The zero-order valence-electron chi connectivity index (χ0n) is 22.9. The molecule has 9 nitrogen and oxygen atoms in total. The van der Waals surface area contributed by atoms with Gasteiger partial charge in [0.15, 0.2) is 11.5 Å². The number of hydrogen-bond acceptors (Lipinski definition) is 6. The van der Waals surface area contributed by atoms with Crippen LogP contribution in [0.5, 0.6) is 11.5 Å². The van der Waals surface area contributed by atoms with Crippen LogP contribution in [0.25, 0.3) is 0 Å². The lowest BCUT2D eigenvalue weighted by Gasteiger charge is -2.45. The minimum Gasteiger partial charge on any atom is -0.490 e.